The largest absolute Gasteiger partial charge is 0.490 e. The summed E-state index contributed by atoms with van der Waals surface area (Å²) in [7, 11) is -16.4. The Morgan fingerprint density at radius 3 is 2.43 bits per heavy atom. The van der Waals surface area contributed by atoms with Gasteiger partial charge in [-0.15, -0.1) is 5.92 Å². The maximum absolute atomic E-state index is 12.0. The molecule has 0 amide bonds. The molecule has 1 aliphatic rings. The van der Waals surface area contributed by atoms with Crippen molar-refractivity contribution >= 4 is 23.5 Å². The van der Waals surface area contributed by atoms with Crippen LogP contribution in [0.25, 0.3) is 0 Å². The van der Waals surface area contributed by atoms with E-state index in [9.17, 15) is 28.2 Å². The summed E-state index contributed by atoms with van der Waals surface area (Å²) in [5, 5.41) is 0. The summed E-state index contributed by atoms with van der Waals surface area (Å²) in [6.45, 7) is 0.853. The molecule has 5 atom stereocenters. The minimum atomic E-state index is -5.63. The van der Waals surface area contributed by atoms with Crippen LogP contribution in [0.2, 0.25) is 0 Å². The first-order valence-electron chi connectivity index (χ1n) is 7.89. The summed E-state index contributed by atoms with van der Waals surface area (Å²) in [5.41, 5.74) is -1.40. The maximum atomic E-state index is 12.0. The summed E-state index contributed by atoms with van der Waals surface area (Å²) < 4.78 is 52.1. The van der Waals surface area contributed by atoms with E-state index in [1.807, 2.05) is 4.98 Å². The van der Waals surface area contributed by atoms with Gasteiger partial charge in [-0.3, -0.25) is 18.9 Å². The van der Waals surface area contributed by atoms with E-state index in [1.54, 1.807) is 0 Å². The van der Waals surface area contributed by atoms with Crippen molar-refractivity contribution in [1.82, 2.24) is 9.55 Å². The second kappa shape index (κ2) is 9.40. The van der Waals surface area contributed by atoms with Crippen molar-refractivity contribution in [3.8, 4) is 11.8 Å². The summed E-state index contributed by atoms with van der Waals surface area (Å²) in [4.78, 5) is 60.8. The number of nitrogens with one attached hydrogen (secondary N) is 1. The maximum Gasteiger partial charge on any atom is 0.490 e. The lowest BCUT2D eigenvalue weighted by atomic mass is 10.0. The van der Waals surface area contributed by atoms with Crippen molar-refractivity contribution in [2.75, 3.05) is 6.61 Å². The number of phosphoric ester groups is 1. The molecule has 0 spiro atoms. The molecule has 18 heteroatoms. The van der Waals surface area contributed by atoms with Crippen LogP contribution in [0.1, 0.15) is 19.6 Å². The molecule has 15 nitrogen and oxygen atoms in total. The quantitative estimate of drug-likeness (QED) is 0.236. The van der Waals surface area contributed by atoms with E-state index in [2.05, 4.69) is 25.0 Å². The zero-order valence-corrected chi connectivity index (χ0v) is 17.7. The number of phosphoric acid groups is 3. The van der Waals surface area contributed by atoms with Crippen LogP contribution < -0.4 is 11.2 Å². The lowest BCUT2D eigenvalue weighted by Crippen LogP contribution is -2.33. The Kier molecular flexibility index (Phi) is 7.79. The Morgan fingerprint density at radius 2 is 1.87 bits per heavy atom. The first-order valence-corrected chi connectivity index (χ1v) is 12.4. The minimum absolute atomic E-state index is 0.104. The Morgan fingerprint density at radius 1 is 1.20 bits per heavy atom. The molecule has 1 aliphatic heterocycles. The molecule has 5 N–H and O–H groups in total. The first-order chi connectivity index (χ1) is 13.7. The summed E-state index contributed by atoms with van der Waals surface area (Å²) in [6, 6.07) is 1.08. The van der Waals surface area contributed by atoms with Gasteiger partial charge in [-0.1, -0.05) is 5.92 Å². The van der Waals surface area contributed by atoms with E-state index in [4.69, 9.17) is 19.4 Å². The van der Waals surface area contributed by atoms with Crippen molar-refractivity contribution in [1.29, 1.82) is 0 Å². The summed E-state index contributed by atoms with van der Waals surface area (Å²) >= 11 is 0. The van der Waals surface area contributed by atoms with Gasteiger partial charge < -0.3 is 24.3 Å². The lowest BCUT2D eigenvalue weighted by Gasteiger charge is -2.19. The number of hydrogen-bond donors (Lipinski definition) is 5. The van der Waals surface area contributed by atoms with E-state index >= 15 is 0 Å². The fraction of sp³-hybridized carbons (Fsp3) is 0.500. The van der Waals surface area contributed by atoms with Gasteiger partial charge in [-0.25, -0.2) is 18.5 Å². The zero-order chi connectivity index (χ0) is 22.7. The van der Waals surface area contributed by atoms with Crippen LogP contribution in [-0.4, -0.2) is 41.8 Å². The Balaban J connectivity index is 2.08. The molecule has 0 aromatic carbocycles. The van der Waals surface area contributed by atoms with Crippen molar-refractivity contribution in [2.45, 2.75) is 25.7 Å². The standard InChI is InChI=1S/C12H17N2O13P3/c1-2-3-8-6-9(25-11(8)14-5-4-10(15)13-12(14)16)7-24-29(20,21)27-30(22,23)26-28(17,18)19/h4-5,8-9,11H,6-7H2,1H3,(H,20,21)(H,22,23)(H,13,15,16)(H2,17,18,19)/t8-,9-,11+/m0/s1. The van der Waals surface area contributed by atoms with Crippen LogP contribution in [0, 0.1) is 17.8 Å². The number of aromatic amines is 1. The number of H-pyrrole nitrogens is 1. The Bertz CT molecular complexity index is 1090. The lowest BCUT2D eigenvalue weighted by molar-refractivity contribution is -0.0300. The Labute approximate surface area is 168 Å². The van der Waals surface area contributed by atoms with Crippen LogP contribution in [0.5, 0.6) is 0 Å². The highest BCUT2D eigenvalue weighted by Gasteiger charge is 2.42. The highest BCUT2D eigenvalue weighted by Crippen LogP contribution is 2.66. The molecular formula is C12H17N2O13P3. The van der Waals surface area contributed by atoms with Crippen molar-refractivity contribution in [2.24, 2.45) is 5.92 Å². The van der Waals surface area contributed by atoms with Gasteiger partial charge in [-0.05, 0) is 13.3 Å². The predicted octanol–water partition coefficient (Wildman–Crippen LogP) is -0.193. The van der Waals surface area contributed by atoms with Crippen LogP contribution >= 0.6 is 23.5 Å². The van der Waals surface area contributed by atoms with Gasteiger partial charge in [0.1, 0.15) is 0 Å². The number of aromatic nitrogens is 2. The van der Waals surface area contributed by atoms with Gasteiger partial charge in [0.25, 0.3) is 5.56 Å². The molecule has 2 unspecified atom stereocenters. The number of ether oxygens (including phenoxy) is 1. The van der Waals surface area contributed by atoms with Gasteiger partial charge in [0.05, 0.1) is 18.6 Å². The third-order valence-electron chi connectivity index (χ3n) is 3.49. The van der Waals surface area contributed by atoms with Gasteiger partial charge in [0.15, 0.2) is 6.23 Å². The molecule has 2 rings (SSSR count). The van der Waals surface area contributed by atoms with Crippen LogP contribution in [-0.2, 0) is 31.6 Å². The smallest absolute Gasteiger partial charge is 0.351 e. The van der Waals surface area contributed by atoms with Crippen molar-refractivity contribution < 1.29 is 51.2 Å². The average Bonchev–Trinajstić information content (AvgIpc) is 2.93. The highest BCUT2D eigenvalue weighted by atomic mass is 31.3. The SMILES string of the molecule is CC#C[C@H]1C[C@@H](COP(=O)(O)OP(=O)(O)OP(=O)(O)O)O[C@H]1n1ccc(=O)[nH]c1=O. The molecule has 2 heterocycles. The predicted molar refractivity (Wildman–Crippen MR) is 96.6 cm³/mol. The minimum Gasteiger partial charge on any atom is -0.351 e. The molecule has 1 aromatic rings. The average molecular weight is 490 g/mol. The third-order valence-corrected chi connectivity index (χ3v) is 7.29. The van der Waals surface area contributed by atoms with Gasteiger partial charge >= 0.3 is 29.2 Å². The fourth-order valence-electron chi connectivity index (χ4n) is 2.54. The molecule has 30 heavy (non-hydrogen) atoms. The number of nitrogens with zero attached hydrogens (tertiary/aromatic N) is 1. The van der Waals surface area contributed by atoms with E-state index in [0.717, 1.165) is 10.6 Å². The second-order valence-corrected chi connectivity index (χ2v) is 10.2. The second-order valence-electron chi connectivity index (χ2n) is 5.79. The van der Waals surface area contributed by atoms with Gasteiger partial charge in [0.2, 0.25) is 0 Å². The van der Waals surface area contributed by atoms with E-state index in [-0.39, 0.29) is 6.42 Å². The molecule has 1 aromatic heterocycles. The van der Waals surface area contributed by atoms with Crippen LogP contribution in [0.15, 0.2) is 21.9 Å². The summed E-state index contributed by atoms with van der Waals surface area (Å²) in [6.07, 6.45) is -0.630. The van der Waals surface area contributed by atoms with Crippen LogP contribution in [0.4, 0.5) is 0 Å². The number of hydrogen-bond acceptors (Lipinski definition) is 9. The normalized spacial score (nSPS) is 25.7. The summed E-state index contributed by atoms with van der Waals surface area (Å²) in [5.74, 6) is 4.85. The molecule has 168 valence electrons. The monoisotopic (exact) mass is 490 g/mol. The van der Waals surface area contributed by atoms with Crippen molar-refractivity contribution in [3.05, 3.63) is 33.1 Å². The third kappa shape index (κ3) is 7.39. The van der Waals surface area contributed by atoms with E-state index in [0.29, 0.717) is 0 Å². The molecular weight excluding hydrogens is 473 g/mol. The molecule has 1 fully saturated rings. The van der Waals surface area contributed by atoms with Crippen LogP contribution in [0.3, 0.4) is 0 Å². The molecule has 0 bridgehead atoms. The molecule has 1 saturated heterocycles. The van der Waals surface area contributed by atoms with Gasteiger partial charge in [0, 0.05) is 12.3 Å². The first kappa shape index (κ1) is 24.9. The molecule has 0 aliphatic carbocycles. The topological polar surface area (TPSA) is 224 Å². The number of rotatable bonds is 8. The van der Waals surface area contributed by atoms with E-state index in [1.165, 1.54) is 13.1 Å². The van der Waals surface area contributed by atoms with E-state index < -0.39 is 59.6 Å². The fourth-order valence-corrected chi connectivity index (χ4v) is 5.59. The van der Waals surface area contributed by atoms with Crippen molar-refractivity contribution in [3.63, 3.8) is 0 Å². The molecule has 0 saturated carbocycles. The zero-order valence-electron chi connectivity index (χ0n) is 15.1. The molecule has 0 radical (unpaired) electrons. The van der Waals surface area contributed by atoms with Gasteiger partial charge in [-0.2, -0.15) is 8.62 Å². The Hall–Kier alpha value is -1.39. The highest BCUT2D eigenvalue weighted by molar-refractivity contribution is 7.66.